The average Bonchev–Trinajstić information content (AvgIpc) is 2.95. The number of esters is 1. The monoisotopic (exact) mass is 465 g/mol. The van der Waals surface area contributed by atoms with Gasteiger partial charge in [0, 0.05) is 26.1 Å². The minimum Gasteiger partial charge on any atom is -0.469 e. The van der Waals surface area contributed by atoms with E-state index in [1.54, 1.807) is 6.26 Å². The Hall–Kier alpha value is -1.25. The van der Waals surface area contributed by atoms with E-state index >= 15 is 0 Å². The van der Waals surface area contributed by atoms with Gasteiger partial charge in [-0.1, -0.05) is 13.8 Å². The molecule has 1 heterocycles. The summed E-state index contributed by atoms with van der Waals surface area (Å²) >= 11 is 0. The molecule has 6 nitrogen and oxygen atoms in total. The van der Waals surface area contributed by atoms with E-state index in [1.165, 1.54) is 0 Å². The highest BCUT2D eigenvalue weighted by atomic mass is 127. The molecule has 0 atom stereocenters. The molecule has 1 aromatic rings. The third kappa shape index (κ3) is 12.7. The molecule has 1 aromatic heterocycles. The number of nitrogens with zero attached hydrogens (tertiary/aromatic N) is 1. The first-order valence-corrected chi connectivity index (χ1v) is 8.52. The molecule has 0 aliphatic heterocycles. The van der Waals surface area contributed by atoms with Gasteiger partial charge < -0.3 is 19.8 Å². The molecule has 0 saturated heterocycles. The average molecular weight is 465 g/mol. The summed E-state index contributed by atoms with van der Waals surface area (Å²) in [6.45, 7) is 11.7. The summed E-state index contributed by atoms with van der Waals surface area (Å²) in [4.78, 5) is 16.3. The van der Waals surface area contributed by atoms with Gasteiger partial charge in [-0.05, 0) is 38.8 Å². The third-order valence-electron chi connectivity index (χ3n) is 2.90. The van der Waals surface area contributed by atoms with Crippen LogP contribution in [0.2, 0.25) is 0 Å². The molecule has 0 spiro atoms. The second-order valence-electron chi connectivity index (χ2n) is 7.10. The van der Waals surface area contributed by atoms with Crippen molar-refractivity contribution in [1.82, 2.24) is 10.6 Å². The summed E-state index contributed by atoms with van der Waals surface area (Å²) in [7, 11) is 0. The van der Waals surface area contributed by atoms with Crippen LogP contribution in [0, 0.1) is 5.92 Å². The van der Waals surface area contributed by atoms with Crippen LogP contribution in [0.1, 0.15) is 46.8 Å². The molecular formula is C18H32IN3O3. The number of furan rings is 1. The predicted molar refractivity (Wildman–Crippen MR) is 111 cm³/mol. The Bertz CT molecular complexity index is 508. The Kier molecular flexibility index (Phi) is 11.6. The molecule has 0 amide bonds. The lowest BCUT2D eigenvalue weighted by Crippen LogP contribution is -2.40. The van der Waals surface area contributed by atoms with Crippen molar-refractivity contribution in [2.24, 2.45) is 10.9 Å². The standard InChI is InChI=1S/C18H31N3O3.HI/c1-14(2)13-21-17(19-10-8-15-7-6-12-23-15)20-11-9-16(22)24-18(3,4)5;/h6-7,12,14H,8-11,13H2,1-5H3,(H2,19,20,21);1H. The van der Waals surface area contributed by atoms with Crippen LogP contribution in [0.25, 0.3) is 0 Å². The SMILES string of the molecule is CC(C)CN=C(NCCC(=O)OC(C)(C)C)NCCc1ccco1.I. The number of carbonyl (C=O) groups excluding carboxylic acids is 1. The van der Waals surface area contributed by atoms with Gasteiger partial charge in [0.15, 0.2) is 5.96 Å². The third-order valence-corrected chi connectivity index (χ3v) is 2.90. The summed E-state index contributed by atoms with van der Waals surface area (Å²) in [6, 6.07) is 3.82. The van der Waals surface area contributed by atoms with Crippen LogP contribution in [0.3, 0.4) is 0 Å². The molecule has 25 heavy (non-hydrogen) atoms. The molecule has 2 N–H and O–H groups in total. The van der Waals surface area contributed by atoms with Crippen molar-refractivity contribution < 1.29 is 13.9 Å². The summed E-state index contributed by atoms with van der Waals surface area (Å²) in [6.07, 6.45) is 2.75. The van der Waals surface area contributed by atoms with Gasteiger partial charge in [-0.25, -0.2) is 0 Å². The number of hydrogen-bond donors (Lipinski definition) is 2. The minimum atomic E-state index is -0.451. The molecule has 144 valence electrons. The van der Waals surface area contributed by atoms with E-state index in [2.05, 4.69) is 29.5 Å². The molecule has 0 fully saturated rings. The molecule has 0 radical (unpaired) electrons. The number of hydrogen-bond acceptors (Lipinski definition) is 4. The second-order valence-corrected chi connectivity index (χ2v) is 7.10. The van der Waals surface area contributed by atoms with Crippen LogP contribution >= 0.6 is 24.0 Å². The first-order chi connectivity index (χ1) is 11.3. The van der Waals surface area contributed by atoms with Crippen LogP contribution in [-0.4, -0.2) is 37.2 Å². The van der Waals surface area contributed by atoms with E-state index in [4.69, 9.17) is 9.15 Å². The zero-order chi connectivity index (χ0) is 18.0. The quantitative estimate of drug-likeness (QED) is 0.267. The number of guanidine groups is 1. The van der Waals surface area contributed by atoms with Gasteiger partial charge in [0.2, 0.25) is 0 Å². The van der Waals surface area contributed by atoms with Crippen molar-refractivity contribution in [3.63, 3.8) is 0 Å². The number of ether oxygens (including phenoxy) is 1. The molecular weight excluding hydrogens is 433 g/mol. The topological polar surface area (TPSA) is 75.9 Å². The van der Waals surface area contributed by atoms with Crippen molar-refractivity contribution in [3.8, 4) is 0 Å². The molecule has 1 rings (SSSR count). The van der Waals surface area contributed by atoms with Crippen molar-refractivity contribution in [3.05, 3.63) is 24.2 Å². The van der Waals surface area contributed by atoms with E-state index in [9.17, 15) is 4.79 Å². The van der Waals surface area contributed by atoms with Crippen LogP contribution in [0.15, 0.2) is 27.8 Å². The van der Waals surface area contributed by atoms with Crippen molar-refractivity contribution in [1.29, 1.82) is 0 Å². The van der Waals surface area contributed by atoms with E-state index < -0.39 is 5.60 Å². The molecule has 0 aliphatic rings. The second kappa shape index (κ2) is 12.2. The van der Waals surface area contributed by atoms with Crippen LogP contribution in [0.5, 0.6) is 0 Å². The highest BCUT2D eigenvalue weighted by Crippen LogP contribution is 2.07. The lowest BCUT2D eigenvalue weighted by molar-refractivity contribution is -0.154. The highest BCUT2D eigenvalue weighted by molar-refractivity contribution is 14.0. The maximum atomic E-state index is 11.7. The largest absolute Gasteiger partial charge is 0.469 e. The van der Waals surface area contributed by atoms with Gasteiger partial charge in [-0.15, -0.1) is 24.0 Å². The summed E-state index contributed by atoms with van der Waals surface area (Å²) in [5.41, 5.74) is -0.451. The fraction of sp³-hybridized carbons (Fsp3) is 0.667. The molecule has 7 heteroatoms. The summed E-state index contributed by atoms with van der Waals surface area (Å²) < 4.78 is 10.6. The number of rotatable bonds is 8. The smallest absolute Gasteiger partial charge is 0.308 e. The number of aliphatic imine (C=N–C) groups is 1. The first kappa shape index (κ1) is 23.8. The Balaban J connectivity index is 0.00000576. The van der Waals surface area contributed by atoms with Gasteiger partial charge in [-0.2, -0.15) is 0 Å². The van der Waals surface area contributed by atoms with E-state index in [-0.39, 0.29) is 29.9 Å². The fourth-order valence-corrected chi connectivity index (χ4v) is 1.88. The van der Waals surface area contributed by atoms with Crippen LogP contribution in [0.4, 0.5) is 0 Å². The van der Waals surface area contributed by atoms with E-state index in [0.717, 1.165) is 18.7 Å². The number of carbonyl (C=O) groups is 1. The Morgan fingerprint density at radius 1 is 1.28 bits per heavy atom. The molecule has 0 aliphatic carbocycles. The van der Waals surface area contributed by atoms with E-state index in [1.807, 2.05) is 32.9 Å². The number of nitrogens with one attached hydrogen (secondary N) is 2. The highest BCUT2D eigenvalue weighted by Gasteiger charge is 2.15. The maximum Gasteiger partial charge on any atom is 0.308 e. The van der Waals surface area contributed by atoms with Gasteiger partial charge in [-0.3, -0.25) is 9.79 Å². The zero-order valence-electron chi connectivity index (χ0n) is 15.9. The summed E-state index contributed by atoms with van der Waals surface area (Å²) in [5, 5.41) is 6.44. The molecule has 0 aromatic carbocycles. The Morgan fingerprint density at radius 2 is 1.96 bits per heavy atom. The van der Waals surface area contributed by atoms with Crippen molar-refractivity contribution in [2.75, 3.05) is 19.6 Å². The lowest BCUT2D eigenvalue weighted by Gasteiger charge is -2.19. The number of halogens is 1. The van der Waals surface area contributed by atoms with Crippen LogP contribution < -0.4 is 10.6 Å². The molecule has 0 unspecified atom stereocenters. The first-order valence-electron chi connectivity index (χ1n) is 8.52. The normalized spacial score (nSPS) is 11.8. The Labute approximate surface area is 168 Å². The van der Waals surface area contributed by atoms with Crippen LogP contribution in [-0.2, 0) is 16.0 Å². The van der Waals surface area contributed by atoms with Gasteiger partial charge >= 0.3 is 5.97 Å². The molecule has 0 bridgehead atoms. The summed E-state index contributed by atoms with van der Waals surface area (Å²) in [5.74, 6) is 1.90. The van der Waals surface area contributed by atoms with Gasteiger partial charge in [0.1, 0.15) is 11.4 Å². The zero-order valence-corrected chi connectivity index (χ0v) is 18.3. The van der Waals surface area contributed by atoms with E-state index in [0.29, 0.717) is 31.4 Å². The van der Waals surface area contributed by atoms with Crippen molar-refractivity contribution in [2.45, 2.75) is 53.1 Å². The van der Waals surface area contributed by atoms with Crippen molar-refractivity contribution >= 4 is 35.9 Å². The minimum absolute atomic E-state index is 0. The van der Waals surface area contributed by atoms with Gasteiger partial charge in [0.25, 0.3) is 0 Å². The lowest BCUT2D eigenvalue weighted by atomic mass is 10.2. The fourth-order valence-electron chi connectivity index (χ4n) is 1.88. The Morgan fingerprint density at radius 3 is 2.52 bits per heavy atom. The maximum absolute atomic E-state index is 11.7. The van der Waals surface area contributed by atoms with Gasteiger partial charge in [0.05, 0.1) is 12.7 Å². The molecule has 0 saturated carbocycles. The predicted octanol–water partition coefficient (Wildman–Crippen LogP) is 3.36.